The van der Waals surface area contributed by atoms with Crippen molar-refractivity contribution in [3.8, 4) is 0 Å². The van der Waals surface area contributed by atoms with Crippen molar-refractivity contribution >= 4 is 35.1 Å². The Morgan fingerprint density at radius 2 is 2.15 bits per heavy atom. The second-order valence-electron chi connectivity index (χ2n) is 4.50. The minimum atomic E-state index is 0.0804. The van der Waals surface area contributed by atoms with E-state index in [1.807, 2.05) is 11.0 Å². The lowest BCUT2D eigenvalue weighted by Crippen LogP contribution is -2.34. The SMILES string of the molecule is Nc1cc(Cl)nc(SC/C=C/C(=O)N2CCCCC2)n1. The van der Waals surface area contributed by atoms with Crippen molar-refractivity contribution in [1.82, 2.24) is 14.9 Å². The summed E-state index contributed by atoms with van der Waals surface area (Å²) in [6, 6.07) is 1.50. The van der Waals surface area contributed by atoms with E-state index in [4.69, 9.17) is 17.3 Å². The molecule has 1 aliphatic rings. The van der Waals surface area contributed by atoms with E-state index in [0.29, 0.717) is 21.9 Å². The predicted octanol–water partition coefficient (Wildman–Crippen LogP) is 2.37. The quantitative estimate of drug-likeness (QED) is 0.400. The third-order valence-electron chi connectivity index (χ3n) is 2.93. The summed E-state index contributed by atoms with van der Waals surface area (Å²) < 4.78 is 0. The lowest BCUT2D eigenvalue weighted by atomic mass is 10.1. The third-order valence-corrected chi connectivity index (χ3v) is 3.92. The van der Waals surface area contributed by atoms with Gasteiger partial charge < -0.3 is 10.6 Å². The first-order valence-electron chi connectivity index (χ1n) is 6.53. The van der Waals surface area contributed by atoms with Crippen molar-refractivity contribution in [2.75, 3.05) is 24.6 Å². The fraction of sp³-hybridized carbons (Fsp3) is 0.462. The minimum Gasteiger partial charge on any atom is -0.384 e. The van der Waals surface area contributed by atoms with E-state index in [9.17, 15) is 4.79 Å². The molecule has 2 heterocycles. The fourth-order valence-corrected chi connectivity index (χ4v) is 2.89. The van der Waals surface area contributed by atoms with Crippen molar-refractivity contribution < 1.29 is 4.79 Å². The number of amides is 1. The summed E-state index contributed by atoms with van der Waals surface area (Å²) in [6.07, 6.45) is 6.86. The molecular formula is C13H17ClN4OS. The van der Waals surface area contributed by atoms with E-state index < -0.39 is 0 Å². The summed E-state index contributed by atoms with van der Waals surface area (Å²) in [4.78, 5) is 21.9. The third kappa shape index (κ3) is 4.68. The maximum Gasteiger partial charge on any atom is 0.246 e. The first kappa shape index (κ1) is 15.1. The van der Waals surface area contributed by atoms with Gasteiger partial charge in [0.2, 0.25) is 5.91 Å². The minimum absolute atomic E-state index is 0.0804. The van der Waals surface area contributed by atoms with Gasteiger partial charge in [0, 0.05) is 24.9 Å². The molecule has 1 aromatic heterocycles. The van der Waals surface area contributed by atoms with Gasteiger partial charge in [-0.05, 0) is 25.3 Å². The lowest BCUT2D eigenvalue weighted by molar-refractivity contribution is -0.126. The highest BCUT2D eigenvalue weighted by Gasteiger charge is 2.13. The molecule has 0 bridgehead atoms. The highest BCUT2D eigenvalue weighted by molar-refractivity contribution is 7.99. The number of halogens is 1. The predicted molar refractivity (Wildman–Crippen MR) is 81.7 cm³/mol. The van der Waals surface area contributed by atoms with Crippen molar-refractivity contribution in [3.05, 3.63) is 23.4 Å². The molecule has 0 spiro atoms. The second kappa shape index (κ2) is 7.50. The highest BCUT2D eigenvalue weighted by atomic mass is 35.5. The van der Waals surface area contributed by atoms with Gasteiger partial charge in [-0.2, -0.15) is 0 Å². The van der Waals surface area contributed by atoms with Crippen LogP contribution in [0, 0.1) is 0 Å². The molecule has 2 rings (SSSR count). The molecule has 7 heteroatoms. The Balaban J connectivity index is 1.79. The first-order chi connectivity index (χ1) is 9.65. The number of hydrogen-bond acceptors (Lipinski definition) is 5. The molecule has 1 aromatic rings. The Hall–Kier alpha value is -1.27. The van der Waals surface area contributed by atoms with Gasteiger partial charge in [0.25, 0.3) is 0 Å². The van der Waals surface area contributed by atoms with Gasteiger partial charge in [-0.15, -0.1) is 0 Å². The summed E-state index contributed by atoms with van der Waals surface area (Å²) in [5.41, 5.74) is 5.58. The van der Waals surface area contributed by atoms with Gasteiger partial charge >= 0.3 is 0 Å². The van der Waals surface area contributed by atoms with Crippen LogP contribution in [0.3, 0.4) is 0 Å². The molecule has 20 heavy (non-hydrogen) atoms. The number of hydrogen-bond donors (Lipinski definition) is 1. The summed E-state index contributed by atoms with van der Waals surface area (Å²) >= 11 is 7.18. The Bertz CT molecular complexity index is 483. The number of carbonyl (C=O) groups is 1. The zero-order valence-corrected chi connectivity index (χ0v) is 12.7. The molecule has 1 fully saturated rings. The van der Waals surface area contributed by atoms with E-state index in [1.54, 1.807) is 6.08 Å². The normalized spacial score (nSPS) is 15.8. The molecule has 108 valence electrons. The van der Waals surface area contributed by atoms with Gasteiger partial charge in [-0.25, -0.2) is 9.97 Å². The number of piperidine rings is 1. The fourth-order valence-electron chi connectivity index (χ4n) is 1.97. The van der Waals surface area contributed by atoms with Crippen LogP contribution in [0.1, 0.15) is 19.3 Å². The highest BCUT2D eigenvalue weighted by Crippen LogP contribution is 2.18. The van der Waals surface area contributed by atoms with Crippen molar-refractivity contribution in [1.29, 1.82) is 0 Å². The average Bonchev–Trinajstić information content (AvgIpc) is 2.43. The molecule has 0 saturated carbocycles. The number of carbonyl (C=O) groups excluding carboxylic acids is 1. The van der Waals surface area contributed by atoms with Crippen LogP contribution >= 0.6 is 23.4 Å². The molecule has 1 saturated heterocycles. The van der Waals surface area contributed by atoms with Gasteiger partial charge in [-0.3, -0.25) is 4.79 Å². The number of nitrogens with zero attached hydrogens (tertiary/aromatic N) is 3. The number of likely N-dealkylation sites (tertiary alicyclic amines) is 1. The topological polar surface area (TPSA) is 72.1 Å². The Morgan fingerprint density at radius 1 is 1.40 bits per heavy atom. The van der Waals surface area contributed by atoms with Crippen molar-refractivity contribution in [2.24, 2.45) is 0 Å². The standard InChI is InChI=1S/C13H17ClN4OS/c14-10-9-11(15)17-13(16-10)20-8-4-5-12(19)18-6-2-1-3-7-18/h4-5,9H,1-3,6-8H2,(H2,15,16,17)/b5-4+. The monoisotopic (exact) mass is 312 g/mol. The van der Waals surface area contributed by atoms with E-state index in [1.165, 1.54) is 24.2 Å². The Labute approximate surface area is 127 Å². The molecule has 1 amide bonds. The van der Waals surface area contributed by atoms with Gasteiger partial charge in [0.05, 0.1) is 0 Å². The number of nitrogens with two attached hydrogens (primary N) is 1. The Kier molecular flexibility index (Phi) is 5.67. The maximum absolute atomic E-state index is 11.9. The van der Waals surface area contributed by atoms with E-state index in [2.05, 4.69) is 9.97 Å². The number of anilines is 1. The van der Waals surface area contributed by atoms with E-state index in [0.717, 1.165) is 25.9 Å². The summed E-state index contributed by atoms with van der Waals surface area (Å²) in [7, 11) is 0. The van der Waals surface area contributed by atoms with E-state index in [-0.39, 0.29) is 5.91 Å². The zero-order valence-electron chi connectivity index (χ0n) is 11.1. The van der Waals surface area contributed by atoms with Crippen LogP contribution in [0.15, 0.2) is 23.4 Å². The van der Waals surface area contributed by atoms with Crippen LogP contribution in [-0.4, -0.2) is 39.6 Å². The molecule has 0 atom stereocenters. The van der Waals surface area contributed by atoms with Crippen LogP contribution in [0.4, 0.5) is 5.82 Å². The zero-order chi connectivity index (χ0) is 14.4. The van der Waals surface area contributed by atoms with Crippen LogP contribution in [0.5, 0.6) is 0 Å². The Morgan fingerprint density at radius 3 is 2.85 bits per heavy atom. The number of thioether (sulfide) groups is 1. The summed E-state index contributed by atoms with van der Waals surface area (Å²) in [6.45, 7) is 1.73. The second-order valence-corrected chi connectivity index (χ2v) is 5.87. The first-order valence-corrected chi connectivity index (χ1v) is 7.90. The van der Waals surface area contributed by atoms with Gasteiger partial charge in [-0.1, -0.05) is 29.4 Å². The largest absolute Gasteiger partial charge is 0.384 e. The molecule has 5 nitrogen and oxygen atoms in total. The molecule has 2 N–H and O–H groups in total. The summed E-state index contributed by atoms with van der Waals surface area (Å²) in [5, 5.41) is 0.846. The summed E-state index contributed by atoms with van der Waals surface area (Å²) in [5.74, 6) is 1.04. The molecular weight excluding hydrogens is 296 g/mol. The van der Waals surface area contributed by atoms with Crippen LogP contribution in [-0.2, 0) is 4.79 Å². The van der Waals surface area contributed by atoms with Crippen molar-refractivity contribution in [2.45, 2.75) is 24.4 Å². The number of rotatable bonds is 4. The number of nitrogen functional groups attached to an aromatic ring is 1. The number of aromatic nitrogens is 2. The molecule has 1 aliphatic heterocycles. The molecule has 0 unspecified atom stereocenters. The smallest absolute Gasteiger partial charge is 0.246 e. The van der Waals surface area contributed by atoms with E-state index >= 15 is 0 Å². The van der Waals surface area contributed by atoms with Crippen LogP contribution in [0.2, 0.25) is 5.15 Å². The van der Waals surface area contributed by atoms with Crippen LogP contribution in [0.25, 0.3) is 0 Å². The van der Waals surface area contributed by atoms with Gasteiger partial charge in [0.15, 0.2) is 5.16 Å². The van der Waals surface area contributed by atoms with Crippen molar-refractivity contribution in [3.63, 3.8) is 0 Å². The molecule has 0 aromatic carbocycles. The molecule has 0 radical (unpaired) electrons. The lowest BCUT2D eigenvalue weighted by Gasteiger charge is -2.25. The van der Waals surface area contributed by atoms with Crippen LogP contribution < -0.4 is 5.73 Å². The molecule has 0 aliphatic carbocycles. The maximum atomic E-state index is 11.9. The average molecular weight is 313 g/mol. The van der Waals surface area contributed by atoms with Gasteiger partial charge in [0.1, 0.15) is 11.0 Å².